The Balaban J connectivity index is 2.50. The maximum Gasteiger partial charge on any atom is 0.0539 e. The number of alkyl halides is 1. The maximum atomic E-state index is 3.44. The minimum absolute atomic E-state index is 0.629. The molecule has 0 saturated carbocycles. The van der Waals surface area contributed by atoms with Crippen molar-refractivity contribution in [2.45, 2.75) is 26.2 Å². The molecule has 0 atom stereocenters. The third-order valence-electron chi connectivity index (χ3n) is 2.63. The summed E-state index contributed by atoms with van der Waals surface area (Å²) in [4.78, 5) is 2.26. The minimum Gasteiger partial charge on any atom is -0.296 e. The molecule has 1 rings (SSSR count). The Bertz CT molecular complexity index is 279. The Kier molecular flexibility index (Phi) is 5.34. The molecular formula is C13H20BrN. The van der Waals surface area contributed by atoms with Crippen molar-refractivity contribution in [1.82, 2.24) is 4.90 Å². The van der Waals surface area contributed by atoms with Crippen molar-refractivity contribution in [2.24, 2.45) is 0 Å². The number of hydrogen-bond acceptors (Lipinski definition) is 1. The molecule has 0 aliphatic heterocycles. The van der Waals surface area contributed by atoms with Gasteiger partial charge < -0.3 is 0 Å². The largest absolute Gasteiger partial charge is 0.296 e. The first-order valence-electron chi connectivity index (χ1n) is 5.47. The van der Waals surface area contributed by atoms with E-state index >= 15 is 0 Å². The molecule has 15 heavy (non-hydrogen) atoms. The fraction of sp³-hybridized carbons (Fsp3) is 0.538. The van der Waals surface area contributed by atoms with E-state index in [1.54, 1.807) is 0 Å². The summed E-state index contributed by atoms with van der Waals surface area (Å²) in [6.45, 7) is 5.56. The Hall–Kier alpha value is -0.340. The summed E-state index contributed by atoms with van der Waals surface area (Å²) in [5.41, 5.74) is 3.79. The highest BCUT2D eigenvalue weighted by Crippen LogP contribution is 2.14. The smallest absolute Gasteiger partial charge is 0.0539 e. The topological polar surface area (TPSA) is 3.24 Å². The summed E-state index contributed by atoms with van der Waals surface area (Å²) in [6.07, 6.45) is 1.13. The number of benzene rings is 1. The van der Waals surface area contributed by atoms with Crippen LogP contribution in [0.4, 0.5) is 0 Å². The van der Waals surface area contributed by atoms with Gasteiger partial charge in [-0.2, -0.15) is 0 Å². The molecular weight excluding hydrogens is 250 g/mol. The number of likely N-dealkylation sites (N-methyl/N-ethyl adjacent to an activating group) is 1. The van der Waals surface area contributed by atoms with Crippen molar-refractivity contribution >= 4 is 15.9 Å². The molecule has 84 valence electrons. The summed E-state index contributed by atoms with van der Waals surface area (Å²) in [5.74, 6) is 0.629. The highest BCUT2D eigenvalue weighted by molar-refractivity contribution is 9.09. The average Bonchev–Trinajstić information content (AvgIpc) is 2.26. The van der Waals surface area contributed by atoms with Gasteiger partial charge in [0.1, 0.15) is 0 Å². The van der Waals surface area contributed by atoms with Crippen LogP contribution in [0.25, 0.3) is 0 Å². The molecule has 0 saturated heterocycles. The maximum absolute atomic E-state index is 3.44. The van der Waals surface area contributed by atoms with E-state index in [0.717, 1.165) is 18.4 Å². The second kappa shape index (κ2) is 6.29. The lowest BCUT2D eigenvalue weighted by Gasteiger charge is -2.13. The molecule has 0 N–H and O–H groups in total. The first kappa shape index (κ1) is 12.7. The van der Waals surface area contributed by atoms with Crippen LogP contribution in [0.5, 0.6) is 0 Å². The Morgan fingerprint density at radius 2 is 1.80 bits per heavy atom. The fourth-order valence-electron chi connectivity index (χ4n) is 1.45. The van der Waals surface area contributed by atoms with E-state index in [4.69, 9.17) is 0 Å². The summed E-state index contributed by atoms with van der Waals surface area (Å²) >= 11 is 3.44. The Morgan fingerprint density at radius 1 is 1.20 bits per heavy atom. The van der Waals surface area contributed by atoms with E-state index in [0.29, 0.717) is 5.92 Å². The molecule has 0 bridgehead atoms. The lowest BCUT2D eigenvalue weighted by molar-refractivity contribution is 0.401. The van der Waals surface area contributed by atoms with Crippen LogP contribution < -0.4 is 0 Å². The van der Waals surface area contributed by atoms with Gasteiger partial charge in [-0.15, -0.1) is 0 Å². The van der Waals surface area contributed by atoms with Crippen LogP contribution in [0, 0.1) is 0 Å². The van der Waals surface area contributed by atoms with E-state index in [2.05, 4.69) is 66.0 Å². The third-order valence-corrected chi connectivity index (χ3v) is 3.49. The molecule has 0 heterocycles. The Labute approximate surface area is 102 Å². The van der Waals surface area contributed by atoms with Gasteiger partial charge in [0.25, 0.3) is 0 Å². The second-order valence-electron chi connectivity index (χ2n) is 4.35. The summed E-state index contributed by atoms with van der Waals surface area (Å²) in [7, 11) is 2.12. The van der Waals surface area contributed by atoms with E-state index in [1.165, 1.54) is 11.1 Å². The fourth-order valence-corrected chi connectivity index (χ4v) is 1.70. The predicted octanol–water partition coefficient (Wildman–Crippen LogP) is 3.64. The van der Waals surface area contributed by atoms with Crippen LogP contribution in [0.2, 0.25) is 0 Å². The van der Waals surface area contributed by atoms with Gasteiger partial charge in [0.2, 0.25) is 0 Å². The van der Waals surface area contributed by atoms with Crippen molar-refractivity contribution < 1.29 is 0 Å². The summed E-state index contributed by atoms with van der Waals surface area (Å²) in [5, 5.41) is 0. The van der Waals surface area contributed by atoms with Gasteiger partial charge in [0.05, 0.1) is 5.45 Å². The average molecular weight is 270 g/mol. The van der Waals surface area contributed by atoms with Crippen LogP contribution in [-0.2, 0) is 6.42 Å². The van der Waals surface area contributed by atoms with Gasteiger partial charge in [0, 0.05) is 6.54 Å². The monoisotopic (exact) mass is 269 g/mol. The molecule has 0 aromatic heterocycles. The highest BCUT2D eigenvalue weighted by Gasteiger charge is 2.00. The van der Waals surface area contributed by atoms with Crippen LogP contribution in [0.15, 0.2) is 24.3 Å². The molecule has 1 aromatic rings. The quantitative estimate of drug-likeness (QED) is 0.583. The summed E-state index contributed by atoms with van der Waals surface area (Å²) < 4.78 is 0. The van der Waals surface area contributed by atoms with Gasteiger partial charge in [-0.25, -0.2) is 0 Å². The molecule has 0 fully saturated rings. The predicted molar refractivity (Wildman–Crippen MR) is 70.7 cm³/mol. The lowest BCUT2D eigenvalue weighted by Crippen LogP contribution is -2.18. The number of halogens is 1. The first-order valence-corrected chi connectivity index (χ1v) is 6.59. The van der Waals surface area contributed by atoms with E-state index in [9.17, 15) is 0 Å². The normalized spacial score (nSPS) is 11.3. The van der Waals surface area contributed by atoms with E-state index in [-0.39, 0.29) is 0 Å². The molecule has 0 amide bonds. The minimum atomic E-state index is 0.629. The second-order valence-corrected chi connectivity index (χ2v) is 4.85. The van der Waals surface area contributed by atoms with Gasteiger partial charge in [-0.1, -0.05) is 54.0 Å². The van der Waals surface area contributed by atoms with Crippen molar-refractivity contribution in [3.63, 3.8) is 0 Å². The zero-order chi connectivity index (χ0) is 11.3. The van der Waals surface area contributed by atoms with Gasteiger partial charge >= 0.3 is 0 Å². The van der Waals surface area contributed by atoms with Crippen molar-refractivity contribution in [3.8, 4) is 0 Å². The van der Waals surface area contributed by atoms with Gasteiger partial charge in [-0.3, -0.25) is 4.90 Å². The molecule has 0 aliphatic rings. The van der Waals surface area contributed by atoms with Crippen molar-refractivity contribution in [1.29, 1.82) is 0 Å². The lowest BCUT2D eigenvalue weighted by atomic mass is 10.0. The molecule has 1 nitrogen and oxygen atoms in total. The zero-order valence-corrected chi connectivity index (χ0v) is 11.4. The molecule has 0 aliphatic carbocycles. The molecule has 0 spiro atoms. The molecule has 0 unspecified atom stereocenters. The standard InChI is InChI=1S/C13H20BrN/c1-11(2)13-6-4-12(5-7-13)8-9-15(3)10-14/h4-7,11H,8-10H2,1-3H3. The number of rotatable bonds is 5. The SMILES string of the molecule is CC(C)c1ccc(CCN(C)CBr)cc1. The van der Waals surface area contributed by atoms with E-state index in [1.807, 2.05) is 0 Å². The van der Waals surface area contributed by atoms with E-state index < -0.39 is 0 Å². The third kappa shape index (κ3) is 4.35. The first-order chi connectivity index (χ1) is 7.13. The zero-order valence-electron chi connectivity index (χ0n) is 9.83. The van der Waals surface area contributed by atoms with Gasteiger partial charge in [-0.05, 0) is 30.5 Å². The van der Waals surface area contributed by atoms with Crippen molar-refractivity contribution in [2.75, 3.05) is 19.0 Å². The van der Waals surface area contributed by atoms with Crippen LogP contribution in [-0.4, -0.2) is 23.9 Å². The number of hydrogen-bond donors (Lipinski definition) is 0. The molecule has 1 aromatic carbocycles. The van der Waals surface area contributed by atoms with Crippen LogP contribution in [0.1, 0.15) is 30.9 Å². The van der Waals surface area contributed by atoms with Crippen LogP contribution in [0.3, 0.4) is 0 Å². The van der Waals surface area contributed by atoms with Crippen molar-refractivity contribution in [3.05, 3.63) is 35.4 Å². The number of nitrogens with zero attached hydrogens (tertiary/aromatic N) is 1. The summed E-state index contributed by atoms with van der Waals surface area (Å²) in [6, 6.07) is 8.98. The van der Waals surface area contributed by atoms with Crippen LogP contribution >= 0.6 is 15.9 Å². The highest BCUT2D eigenvalue weighted by atomic mass is 79.9. The molecule has 2 heteroatoms. The molecule has 0 radical (unpaired) electrons. The Morgan fingerprint density at radius 3 is 2.27 bits per heavy atom. The van der Waals surface area contributed by atoms with Gasteiger partial charge in [0.15, 0.2) is 0 Å².